The SMILES string of the molecule is CCCCCCC(C)C(=O)N1CCC[C@H]1C(=O)N[C@@H](CC(C)CC(O)CC(=O)CC)C(=O)N[C@@H](C)C(=O)NC(C)(C)C(=O)N[C@H](C(=O)N[C@H](C(=O)NC(C)(C)C(=O)NC(C)(C)C(=O)NC(C)CN(C)CCO)C(C)CC)C(C)CC. The first-order chi connectivity index (χ1) is 37.1. The molecule has 1 aliphatic rings. The van der Waals surface area contributed by atoms with E-state index in [0.29, 0.717) is 51.7 Å². The first kappa shape index (κ1) is 72.8. The van der Waals surface area contributed by atoms with Crippen LogP contribution in [0.4, 0.5) is 0 Å². The second-order valence-corrected chi connectivity index (χ2v) is 24.4. The highest BCUT2D eigenvalue weighted by molar-refractivity contribution is 6.00. The molecule has 1 rings (SSSR count). The van der Waals surface area contributed by atoms with Crippen LogP contribution in [0, 0.1) is 23.7 Å². The van der Waals surface area contributed by atoms with Gasteiger partial charge >= 0.3 is 0 Å². The Morgan fingerprint density at radius 3 is 1.75 bits per heavy atom. The van der Waals surface area contributed by atoms with Gasteiger partial charge in [0.05, 0.1) is 12.7 Å². The van der Waals surface area contributed by atoms with Gasteiger partial charge in [0.1, 0.15) is 52.6 Å². The highest BCUT2D eigenvalue weighted by Gasteiger charge is 2.42. The van der Waals surface area contributed by atoms with Crippen molar-refractivity contribution < 1.29 is 58.2 Å². The minimum Gasteiger partial charge on any atom is -0.395 e. The van der Waals surface area contributed by atoms with Crippen molar-refractivity contribution in [1.82, 2.24) is 52.3 Å². The summed E-state index contributed by atoms with van der Waals surface area (Å²) < 4.78 is 0. The summed E-state index contributed by atoms with van der Waals surface area (Å²) in [5.41, 5.74) is -4.64. The maximum atomic E-state index is 14.2. The molecule has 1 aliphatic heterocycles. The van der Waals surface area contributed by atoms with Gasteiger partial charge in [-0.2, -0.15) is 0 Å². The highest BCUT2D eigenvalue weighted by Crippen LogP contribution is 2.24. The number of nitrogens with zero attached hydrogens (tertiary/aromatic N) is 2. The van der Waals surface area contributed by atoms with E-state index in [1.807, 2.05) is 25.7 Å². The molecule has 80 heavy (non-hydrogen) atoms. The average Bonchev–Trinajstić information content (AvgIpc) is 3.87. The molecule has 10 N–H and O–H groups in total. The predicted octanol–water partition coefficient (Wildman–Crippen LogP) is 2.89. The van der Waals surface area contributed by atoms with Crippen molar-refractivity contribution in [1.29, 1.82) is 0 Å². The summed E-state index contributed by atoms with van der Waals surface area (Å²) in [5.74, 6) is -7.10. The average molecular weight is 1140 g/mol. The molecule has 11 atom stereocenters. The van der Waals surface area contributed by atoms with Gasteiger partial charge in [0.2, 0.25) is 53.2 Å². The van der Waals surface area contributed by atoms with Crippen molar-refractivity contribution in [2.45, 2.75) is 253 Å². The minimum absolute atomic E-state index is 0.0297. The zero-order valence-electron chi connectivity index (χ0n) is 51.7. The van der Waals surface area contributed by atoms with Crippen molar-refractivity contribution in [3.63, 3.8) is 0 Å². The first-order valence-electron chi connectivity index (χ1n) is 29.4. The van der Waals surface area contributed by atoms with Crippen LogP contribution in [-0.2, 0) is 47.9 Å². The molecule has 0 aromatic carbocycles. The van der Waals surface area contributed by atoms with Crippen LogP contribution in [0.25, 0.3) is 0 Å². The number of carbonyl (C=O) groups excluding carboxylic acids is 10. The molecule has 0 spiro atoms. The van der Waals surface area contributed by atoms with Gasteiger partial charge in [-0.15, -0.1) is 0 Å². The zero-order valence-corrected chi connectivity index (χ0v) is 51.7. The number of likely N-dealkylation sites (N-methyl/N-ethyl adjacent to an activating group) is 1. The van der Waals surface area contributed by atoms with E-state index in [2.05, 4.69) is 49.5 Å². The van der Waals surface area contributed by atoms with Gasteiger partial charge in [-0.3, -0.25) is 47.9 Å². The molecule has 460 valence electrons. The number of amides is 9. The molecule has 22 heteroatoms. The summed E-state index contributed by atoms with van der Waals surface area (Å²) in [6.07, 6.45) is 6.01. The first-order valence-corrected chi connectivity index (χ1v) is 29.4. The molecular weight excluding hydrogens is 1030 g/mol. The van der Waals surface area contributed by atoms with Gasteiger partial charge in [0.25, 0.3) is 0 Å². The lowest BCUT2D eigenvalue weighted by Gasteiger charge is -2.35. The van der Waals surface area contributed by atoms with E-state index in [0.717, 1.165) is 25.7 Å². The Morgan fingerprint density at radius 2 is 1.19 bits per heavy atom. The summed E-state index contributed by atoms with van der Waals surface area (Å²) >= 11 is 0. The number of Topliss-reactive ketones (excluding diaryl/α,β-unsaturated/α-hetero) is 1. The normalized spacial score (nSPS) is 17.7. The summed E-state index contributed by atoms with van der Waals surface area (Å²) in [4.78, 5) is 141. The van der Waals surface area contributed by atoms with Crippen LogP contribution in [0.2, 0.25) is 0 Å². The van der Waals surface area contributed by atoms with Gasteiger partial charge in [-0.05, 0) is 112 Å². The molecule has 9 amide bonds. The molecule has 1 heterocycles. The van der Waals surface area contributed by atoms with E-state index >= 15 is 0 Å². The molecule has 0 saturated carbocycles. The van der Waals surface area contributed by atoms with Crippen LogP contribution in [0.3, 0.4) is 0 Å². The molecule has 0 aromatic heterocycles. The summed E-state index contributed by atoms with van der Waals surface area (Å²) in [6.45, 7) is 27.9. The largest absolute Gasteiger partial charge is 0.395 e. The number of carbonyl (C=O) groups is 10. The smallest absolute Gasteiger partial charge is 0.246 e. The Bertz CT molecular complexity index is 2070. The minimum atomic E-state index is -1.67. The lowest BCUT2D eigenvalue weighted by molar-refractivity contribution is -0.142. The van der Waals surface area contributed by atoms with Crippen molar-refractivity contribution in [3.05, 3.63) is 0 Å². The van der Waals surface area contributed by atoms with Crippen molar-refractivity contribution in [2.24, 2.45) is 23.7 Å². The third kappa shape index (κ3) is 24.1. The van der Waals surface area contributed by atoms with Gasteiger partial charge in [0, 0.05) is 44.4 Å². The second kappa shape index (κ2) is 34.3. The van der Waals surface area contributed by atoms with Crippen LogP contribution in [0.15, 0.2) is 0 Å². The number of nitrogens with one attached hydrogen (secondary N) is 8. The number of hydrogen-bond donors (Lipinski definition) is 10. The van der Waals surface area contributed by atoms with Crippen molar-refractivity contribution >= 4 is 58.9 Å². The van der Waals surface area contributed by atoms with Crippen LogP contribution in [0.1, 0.15) is 194 Å². The maximum Gasteiger partial charge on any atom is 0.246 e. The molecule has 6 unspecified atom stereocenters. The Kier molecular flexibility index (Phi) is 31.2. The summed E-state index contributed by atoms with van der Waals surface area (Å²) in [5, 5.41) is 42.0. The Balaban J connectivity index is 3.27. The number of unbranched alkanes of at least 4 members (excludes halogenated alkanes) is 3. The molecular formula is C58H106N10O12. The fourth-order valence-electron chi connectivity index (χ4n) is 9.48. The lowest BCUT2D eigenvalue weighted by Crippen LogP contribution is -2.66. The lowest BCUT2D eigenvalue weighted by atomic mass is 9.92. The van der Waals surface area contributed by atoms with Crippen molar-refractivity contribution in [3.8, 4) is 0 Å². The number of hydrogen-bond acceptors (Lipinski definition) is 13. The van der Waals surface area contributed by atoms with Gasteiger partial charge in [-0.25, -0.2) is 0 Å². The monoisotopic (exact) mass is 1130 g/mol. The van der Waals surface area contributed by atoms with E-state index in [4.69, 9.17) is 0 Å². The number of aliphatic hydroxyl groups excluding tert-OH is 2. The van der Waals surface area contributed by atoms with E-state index in [1.165, 1.54) is 48.5 Å². The maximum absolute atomic E-state index is 14.2. The standard InChI is InChI=1S/C58H106N10O12/c1-18-22-23-24-26-38(8)52(77)68-28-25-27-44(68)49(74)61-43(32-35(5)31-42(71)33-41(70)21-4)48(73)60-40(10)47(72)64-56(11,12)54(79)63-45(36(6)19-2)50(75)62-46(37(7)20-3)51(76)65-58(15,16)55(80)66-57(13,14)53(78)59-39(9)34-67(17)29-30-69/h35-40,42-46,69,71H,18-34H2,1-17H3,(H,59,78)(H,60,73)(H,61,74)(H,62,75)(H,63,79)(H,64,72)(H,65,76)(H,66,80)/t35?,36?,37?,38?,39?,40-,42?,43-,44-,45-,46-/m0/s1. The van der Waals surface area contributed by atoms with Gasteiger partial charge < -0.3 is 62.5 Å². The van der Waals surface area contributed by atoms with Crippen molar-refractivity contribution in [2.75, 3.05) is 33.3 Å². The second-order valence-electron chi connectivity index (χ2n) is 24.4. The number of ketones is 1. The predicted molar refractivity (Wildman–Crippen MR) is 308 cm³/mol. The summed E-state index contributed by atoms with van der Waals surface area (Å²) in [6, 6.07) is -5.96. The van der Waals surface area contributed by atoms with E-state index in [-0.39, 0.29) is 61.9 Å². The molecule has 1 fully saturated rings. The van der Waals surface area contributed by atoms with E-state index in [1.54, 1.807) is 46.6 Å². The molecule has 0 aromatic rings. The summed E-state index contributed by atoms with van der Waals surface area (Å²) in [7, 11) is 1.80. The Labute approximate surface area is 478 Å². The van der Waals surface area contributed by atoms with Gasteiger partial charge in [-0.1, -0.05) is 93.9 Å². The quantitative estimate of drug-likeness (QED) is 0.0401. The topological polar surface area (TPSA) is 314 Å². The molecule has 0 bridgehead atoms. The molecule has 0 aliphatic carbocycles. The third-order valence-corrected chi connectivity index (χ3v) is 15.3. The molecule has 22 nitrogen and oxygen atoms in total. The third-order valence-electron chi connectivity index (χ3n) is 15.3. The fourth-order valence-corrected chi connectivity index (χ4v) is 9.48. The van der Waals surface area contributed by atoms with E-state index in [9.17, 15) is 58.2 Å². The van der Waals surface area contributed by atoms with Gasteiger partial charge in [0.15, 0.2) is 0 Å². The molecule has 1 saturated heterocycles. The molecule has 0 radical (unpaired) electrons. The van der Waals surface area contributed by atoms with Crippen LogP contribution in [0.5, 0.6) is 0 Å². The number of aliphatic hydroxyl groups is 2. The Hall–Kier alpha value is -5.22. The Morgan fingerprint density at radius 1 is 0.637 bits per heavy atom. The zero-order chi connectivity index (χ0) is 61.5. The van der Waals surface area contributed by atoms with E-state index < -0.39 is 112 Å². The van der Waals surface area contributed by atoms with Crippen LogP contribution in [-0.4, -0.2) is 171 Å². The fraction of sp³-hybridized carbons (Fsp3) is 0.828. The number of likely N-dealkylation sites (tertiary alicyclic amines) is 1. The van der Waals surface area contributed by atoms with Crippen LogP contribution < -0.4 is 42.5 Å². The van der Waals surface area contributed by atoms with Crippen LogP contribution >= 0.6 is 0 Å². The highest BCUT2D eigenvalue weighted by atomic mass is 16.3. The number of rotatable bonds is 37.